The molecule has 1 heterocycles. The van der Waals surface area contributed by atoms with Gasteiger partial charge in [-0.15, -0.1) is 0 Å². The van der Waals surface area contributed by atoms with Crippen LogP contribution in [0.4, 0.5) is 0 Å². The van der Waals surface area contributed by atoms with Crippen molar-refractivity contribution >= 4 is 5.91 Å². The van der Waals surface area contributed by atoms with Crippen molar-refractivity contribution in [2.24, 2.45) is 0 Å². The van der Waals surface area contributed by atoms with E-state index in [1.807, 2.05) is 67.6 Å². The standard InChI is InChI=1S/C26H27NO5/c1-3-30-23-7-5-4-6-22(23)26(28)27-20(14-18-8-11-21(29-2)12-9-18)15-19-10-13-24-25(16-19)32-17-31-24/h4-13,16,20H,3,14-15,17H2,1-2H3,(H,27,28)/t20-/m0/s1. The zero-order valence-corrected chi connectivity index (χ0v) is 18.3. The molecular formula is C26H27NO5. The van der Waals surface area contributed by atoms with Crippen LogP contribution in [0.25, 0.3) is 0 Å². The van der Waals surface area contributed by atoms with Crippen LogP contribution in [0.15, 0.2) is 66.7 Å². The Hall–Kier alpha value is -3.67. The molecule has 3 aromatic rings. The average molecular weight is 434 g/mol. The molecule has 0 aliphatic carbocycles. The van der Waals surface area contributed by atoms with Crippen LogP contribution in [0.1, 0.15) is 28.4 Å². The van der Waals surface area contributed by atoms with Gasteiger partial charge in [0.2, 0.25) is 6.79 Å². The van der Waals surface area contributed by atoms with E-state index < -0.39 is 0 Å². The van der Waals surface area contributed by atoms with Crippen molar-refractivity contribution in [2.75, 3.05) is 20.5 Å². The zero-order chi connectivity index (χ0) is 22.3. The molecule has 3 aromatic carbocycles. The molecular weight excluding hydrogens is 406 g/mol. The first kappa shape index (κ1) is 21.6. The second-order valence-corrected chi connectivity index (χ2v) is 7.54. The number of rotatable bonds is 9. The van der Waals surface area contributed by atoms with E-state index in [9.17, 15) is 4.79 Å². The summed E-state index contributed by atoms with van der Waals surface area (Å²) < 4.78 is 21.8. The van der Waals surface area contributed by atoms with Crippen molar-refractivity contribution < 1.29 is 23.7 Å². The first-order valence-electron chi connectivity index (χ1n) is 10.7. The van der Waals surface area contributed by atoms with Gasteiger partial charge in [-0.3, -0.25) is 4.79 Å². The largest absolute Gasteiger partial charge is 0.497 e. The first-order chi connectivity index (χ1) is 15.7. The molecule has 32 heavy (non-hydrogen) atoms. The molecule has 0 spiro atoms. The van der Waals surface area contributed by atoms with Crippen LogP contribution < -0.4 is 24.3 Å². The van der Waals surface area contributed by atoms with Gasteiger partial charge in [-0.2, -0.15) is 0 Å². The van der Waals surface area contributed by atoms with Gasteiger partial charge >= 0.3 is 0 Å². The molecule has 1 atom stereocenters. The molecule has 1 aliphatic rings. The fourth-order valence-electron chi connectivity index (χ4n) is 3.77. The minimum atomic E-state index is -0.159. The molecule has 6 heteroatoms. The van der Waals surface area contributed by atoms with Crippen molar-refractivity contribution in [3.63, 3.8) is 0 Å². The fourth-order valence-corrected chi connectivity index (χ4v) is 3.77. The van der Waals surface area contributed by atoms with Crippen molar-refractivity contribution in [1.29, 1.82) is 0 Å². The van der Waals surface area contributed by atoms with E-state index in [0.29, 0.717) is 30.8 Å². The maximum Gasteiger partial charge on any atom is 0.255 e. The third kappa shape index (κ3) is 5.14. The van der Waals surface area contributed by atoms with E-state index in [-0.39, 0.29) is 18.7 Å². The summed E-state index contributed by atoms with van der Waals surface area (Å²) in [4.78, 5) is 13.2. The molecule has 0 bridgehead atoms. The van der Waals surface area contributed by atoms with Gasteiger partial charge in [0, 0.05) is 6.04 Å². The number of hydrogen-bond donors (Lipinski definition) is 1. The monoisotopic (exact) mass is 433 g/mol. The van der Waals surface area contributed by atoms with Crippen LogP contribution >= 0.6 is 0 Å². The quantitative estimate of drug-likeness (QED) is 0.542. The third-order valence-electron chi connectivity index (χ3n) is 5.33. The summed E-state index contributed by atoms with van der Waals surface area (Å²) in [5, 5.41) is 3.20. The molecule has 0 aromatic heterocycles. The third-order valence-corrected chi connectivity index (χ3v) is 5.33. The molecule has 4 rings (SSSR count). The number of benzene rings is 3. The summed E-state index contributed by atoms with van der Waals surface area (Å²) in [6.45, 7) is 2.64. The Labute approximate surface area is 188 Å². The number of ether oxygens (including phenoxy) is 4. The Balaban J connectivity index is 1.55. The number of hydrogen-bond acceptors (Lipinski definition) is 5. The second kappa shape index (κ2) is 10.1. The molecule has 0 saturated heterocycles. The SMILES string of the molecule is CCOc1ccccc1C(=O)N[C@@H](Cc1ccc(OC)cc1)Cc1ccc2c(c1)OCO2. The zero-order valence-electron chi connectivity index (χ0n) is 18.3. The van der Waals surface area contributed by atoms with Crippen molar-refractivity contribution in [1.82, 2.24) is 5.32 Å². The summed E-state index contributed by atoms with van der Waals surface area (Å²) >= 11 is 0. The van der Waals surface area contributed by atoms with Crippen LogP contribution in [0.2, 0.25) is 0 Å². The van der Waals surface area contributed by atoms with Gasteiger partial charge in [-0.05, 0) is 67.3 Å². The van der Waals surface area contributed by atoms with E-state index in [4.69, 9.17) is 18.9 Å². The molecule has 1 aliphatic heterocycles. The maximum atomic E-state index is 13.2. The van der Waals surface area contributed by atoms with E-state index in [0.717, 1.165) is 28.4 Å². The lowest BCUT2D eigenvalue weighted by atomic mass is 9.98. The van der Waals surface area contributed by atoms with E-state index in [1.165, 1.54) is 0 Å². The highest BCUT2D eigenvalue weighted by Crippen LogP contribution is 2.33. The number of amides is 1. The van der Waals surface area contributed by atoms with Gasteiger partial charge in [-0.1, -0.05) is 30.3 Å². The molecule has 166 valence electrons. The lowest BCUT2D eigenvalue weighted by molar-refractivity contribution is 0.0933. The lowest BCUT2D eigenvalue weighted by Gasteiger charge is -2.20. The number of carbonyl (C=O) groups is 1. The Morgan fingerprint density at radius 2 is 1.69 bits per heavy atom. The predicted molar refractivity (Wildman–Crippen MR) is 122 cm³/mol. The number of para-hydroxylation sites is 1. The fraction of sp³-hybridized carbons (Fsp3) is 0.269. The van der Waals surface area contributed by atoms with Gasteiger partial charge in [-0.25, -0.2) is 0 Å². The molecule has 0 radical (unpaired) electrons. The second-order valence-electron chi connectivity index (χ2n) is 7.54. The van der Waals surface area contributed by atoms with Crippen molar-refractivity contribution in [2.45, 2.75) is 25.8 Å². The topological polar surface area (TPSA) is 66.0 Å². The van der Waals surface area contributed by atoms with Gasteiger partial charge in [0.15, 0.2) is 11.5 Å². The van der Waals surface area contributed by atoms with Crippen LogP contribution in [-0.2, 0) is 12.8 Å². The van der Waals surface area contributed by atoms with Crippen molar-refractivity contribution in [3.8, 4) is 23.0 Å². The predicted octanol–water partition coefficient (Wildman–Crippen LogP) is 4.41. The highest BCUT2D eigenvalue weighted by molar-refractivity contribution is 5.97. The van der Waals surface area contributed by atoms with E-state index in [1.54, 1.807) is 13.2 Å². The Bertz CT molecular complexity index is 1060. The normalized spacial score (nSPS) is 12.8. The number of fused-ring (bicyclic) bond motifs is 1. The van der Waals surface area contributed by atoms with Crippen LogP contribution in [0.3, 0.4) is 0 Å². The highest BCUT2D eigenvalue weighted by Gasteiger charge is 2.20. The summed E-state index contributed by atoms with van der Waals surface area (Å²) in [5.41, 5.74) is 2.70. The summed E-state index contributed by atoms with van der Waals surface area (Å²) in [6, 6.07) is 21.0. The Kier molecular flexibility index (Phi) is 6.80. The summed E-state index contributed by atoms with van der Waals surface area (Å²) in [7, 11) is 1.65. The van der Waals surface area contributed by atoms with Crippen LogP contribution in [-0.4, -0.2) is 32.5 Å². The summed E-state index contributed by atoms with van der Waals surface area (Å²) in [5.74, 6) is 2.71. The minimum Gasteiger partial charge on any atom is -0.497 e. The minimum absolute atomic E-state index is 0.133. The molecule has 0 unspecified atom stereocenters. The summed E-state index contributed by atoms with van der Waals surface area (Å²) in [6.07, 6.45) is 1.31. The molecule has 0 saturated carbocycles. The van der Waals surface area contributed by atoms with E-state index >= 15 is 0 Å². The van der Waals surface area contributed by atoms with Crippen LogP contribution in [0, 0.1) is 0 Å². The number of methoxy groups -OCH3 is 1. The molecule has 1 N–H and O–H groups in total. The molecule has 6 nitrogen and oxygen atoms in total. The maximum absolute atomic E-state index is 13.2. The molecule has 0 fully saturated rings. The number of nitrogens with one attached hydrogen (secondary N) is 1. The Morgan fingerprint density at radius 3 is 2.47 bits per heavy atom. The van der Waals surface area contributed by atoms with E-state index in [2.05, 4.69) is 5.32 Å². The van der Waals surface area contributed by atoms with Gasteiger partial charge in [0.05, 0.1) is 19.3 Å². The highest BCUT2D eigenvalue weighted by atomic mass is 16.7. The van der Waals surface area contributed by atoms with Gasteiger partial charge < -0.3 is 24.3 Å². The Morgan fingerprint density at radius 1 is 0.969 bits per heavy atom. The lowest BCUT2D eigenvalue weighted by Crippen LogP contribution is -2.38. The molecule has 1 amide bonds. The van der Waals surface area contributed by atoms with Crippen LogP contribution in [0.5, 0.6) is 23.0 Å². The smallest absolute Gasteiger partial charge is 0.255 e. The van der Waals surface area contributed by atoms with Gasteiger partial charge in [0.1, 0.15) is 11.5 Å². The van der Waals surface area contributed by atoms with Crippen molar-refractivity contribution in [3.05, 3.63) is 83.4 Å². The average Bonchev–Trinajstić information content (AvgIpc) is 3.28. The first-order valence-corrected chi connectivity index (χ1v) is 10.7. The van der Waals surface area contributed by atoms with Gasteiger partial charge in [0.25, 0.3) is 5.91 Å². The number of carbonyl (C=O) groups excluding carboxylic acids is 1.